The third-order valence-corrected chi connectivity index (χ3v) is 3.03. The molecule has 1 aliphatic carbocycles. The van der Waals surface area contributed by atoms with Crippen molar-refractivity contribution in [2.45, 2.75) is 6.42 Å². The lowest BCUT2D eigenvalue weighted by atomic mass is 9.94. The Morgan fingerprint density at radius 1 is 0.944 bits per heavy atom. The van der Waals surface area contributed by atoms with E-state index >= 15 is 0 Å². The second-order valence-corrected chi connectivity index (χ2v) is 4.29. The molecular formula is C16H13NO. The van der Waals surface area contributed by atoms with Crippen LogP contribution in [0.3, 0.4) is 0 Å². The van der Waals surface area contributed by atoms with E-state index in [0.717, 1.165) is 22.5 Å². The van der Waals surface area contributed by atoms with Crippen molar-refractivity contribution < 1.29 is 4.79 Å². The number of ketones is 1. The molecule has 0 saturated carbocycles. The van der Waals surface area contributed by atoms with E-state index in [9.17, 15) is 4.79 Å². The Kier molecular flexibility index (Phi) is 2.69. The van der Waals surface area contributed by atoms with Gasteiger partial charge in [-0.2, -0.15) is 0 Å². The number of carbonyl (C=O) groups excluding carboxylic acids is 1. The summed E-state index contributed by atoms with van der Waals surface area (Å²) in [5, 5.41) is 3.31. The van der Waals surface area contributed by atoms with Crippen LogP contribution in [0.5, 0.6) is 0 Å². The van der Waals surface area contributed by atoms with Gasteiger partial charge in [-0.05, 0) is 23.8 Å². The minimum Gasteiger partial charge on any atom is -0.355 e. The van der Waals surface area contributed by atoms with Crippen LogP contribution in [0.1, 0.15) is 22.3 Å². The molecule has 88 valence electrons. The van der Waals surface area contributed by atoms with Crippen molar-refractivity contribution in [2.75, 3.05) is 5.32 Å². The number of hydrogen-bond donors (Lipinski definition) is 1. The SMILES string of the molecule is O=C1CC=Cc2cccc(Nc3ccccc3)c21. The van der Waals surface area contributed by atoms with E-state index < -0.39 is 0 Å². The van der Waals surface area contributed by atoms with Gasteiger partial charge in [0.2, 0.25) is 0 Å². The molecule has 2 nitrogen and oxygen atoms in total. The minimum atomic E-state index is 0.173. The monoisotopic (exact) mass is 235 g/mol. The molecule has 0 radical (unpaired) electrons. The number of hydrogen-bond acceptors (Lipinski definition) is 2. The number of carbonyl (C=O) groups is 1. The Hall–Kier alpha value is -2.35. The predicted molar refractivity (Wildman–Crippen MR) is 74.1 cm³/mol. The van der Waals surface area contributed by atoms with Gasteiger partial charge in [0.25, 0.3) is 0 Å². The molecule has 1 aliphatic rings. The zero-order chi connectivity index (χ0) is 12.4. The van der Waals surface area contributed by atoms with Crippen LogP contribution >= 0.6 is 0 Å². The number of anilines is 2. The molecule has 0 heterocycles. The lowest BCUT2D eigenvalue weighted by Crippen LogP contribution is -2.08. The molecule has 18 heavy (non-hydrogen) atoms. The standard InChI is InChI=1S/C16H13NO/c18-15-11-5-7-12-6-4-10-14(16(12)15)17-13-8-2-1-3-9-13/h1-10,17H,11H2. The van der Waals surface area contributed by atoms with Gasteiger partial charge in [0.05, 0.1) is 0 Å². The number of para-hydroxylation sites is 1. The fraction of sp³-hybridized carbons (Fsp3) is 0.0625. The van der Waals surface area contributed by atoms with Gasteiger partial charge in [0, 0.05) is 23.4 Å². The molecule has 1 N–H and O–H groups in total. The van der Waals surface area contributed by atoms with Crippen LogP contribution in [0.2, 0.25) is 0 Å². The average Bonchev–Trinajstić information content (AvgIpc) is 2.40. The summed E-state index contributed by atoms with van der Waals surface area (Å²) in [6.45, 7) is 0. The quantitative estimate of drug-likeness (QED) is 0.851. The third-order valence-electron chi connectivity index (χ3n) is 3.03. The Bertz CT molecular complexity index is 614. The van der Waals surface area contributed by atoms with Crippen molar-refractivity contribution in [2.24, 2.45) is 0 Å². The van der Waals surface area contributed by atoms with Crippen LogP contribution in [0.25, 0.3) is 6.08 Å². The van der Waals surface area contributed by atoms with Gasteiger partial charge in [-0.3, -0.25) is 4.79 Å². The summed E-state index contributed by atoms with van der Waals surface area (Å²) in [4.78, 5) is 12.0. The Morgan fingerprint density at radius 2 is 1.78 bits per heavy atom. The topological polar surface area (TPSA) is 29.1 Å². The van der Waals surface area contributed by atoms with Crippen molar-refractivity contribution in [3.63, 3.8) is 0 Å². The van der Waals surface area contributed by atoms with Crippen LogP contribution in [0.15, 0.2) is 54.6 Å². The van der Waals surface area contributed by atoms with Crippen LogP contribution in [-0.4, -0.2) is 5.78 Å². The van der Waals surface area contributed by atoms with E-state index in [1.54, 1.807) is 0 Å². The first-order valence-electron chi connectivity index (χ1n) is 5.99. The maximum atomic E-state index is 12.0. The molecule has 0 aromatic heterocycles. The molecule has 0 amide bonds. The number of benzene rings is 2. The predicted octanol–water partition coefficient (Wildman–Crippen LogP) is 4.03. The minimum absolute atomic E-state index is 0.173. The highest BCUT2D eigenvalue weighted by Gasteiger charge is 2.16. The summed E-state index contributed by atoms with van der Waals surface area (Å²) in [6.07, 6.45) is 4.41. The summed E-state index contributed by atoms with van der Waals surface area (Å²) in [5.41, 5.74) is 3.66. The summed E-state index contributed by atoms with van der Waals surface area (Å²) < 4.78 is 0. The Morgan fingerprint density at radius 3 is 2.61 bits per heavy atom. The number of nitrogens with one attached hydrogen (secondary N) is 1. The van der Waals surface area contributed by atoms with Gasteiger partial charge in [-0.15, -0.1) is 0 Å². The second kappa shape index (κ2) is 4.49. The van der Waals surface area contributed by atoms with Gasteiger partial charge in [0.15, 0.2) is 5.78 Å². The van der Waals surface area contributed by atoms with E-state index in [0.29, 0.717) is 6.42 Å². The van der Waals surface area contributed by atoms with E-state index in [1.165, 1.54) is 0 Å². The van der Waals surface area contributed by atoms with E-state index in [4.69, 9.17) is 0 Å². The smallest absolute Gasteiger partial charge is 0.169 e. The lowest BCUT2D eigenvalue weighted by molar-refractivity contribution is 0.0995. The van der Waals surface area contributed by atoms with E-state index in [-0.39, 0.29) is 5.78 Å². The molecule has 0 saturated heterocycles. The maximum absolute atomic E-state index is 12.0. The molecule has 0 fully saturated rings. The first-order valence-corrected chi connectivity index (χ1v) is 5.99. The van der Waals surface area contributed by atoms with Gasteiger partial charge in [-0.1, -0.05) is 42.5 Å². The summed E-state index contributed by atoms with van der Waals surface area (Å²) >= 11 is 0. The van der Waals surface area contributed by atoms with Gasteiger partial charge >= 0.3 is 0 Å². The fourth-order valence-electron chi connectivity index (χ4n) is 2.20. The maximum Gasteiger partial charge on any atom is 0.169 e. The number of fused-ring (bicyclic) bond motifs is 1. The van der Waals surface area contributed by atoms with Crippen molar-refractivity contribution in [3.05, 3.63) is 65.7 Å². The van der Waals surface area contributed by atoms with Crippen LogP contribution in [-0.2, 0) is 0 Å². The van der Waals surface area contributed by atoms with Crippen LogP contribution in [0, 0.1) is 0 Å². The number of Topliss-reactive ketones (excluding diaryl/α,β-unsaturated/α-hetero) is 1. The van der Waals surface area contributed by atoms with Gasteiger partial charge in [0.1, 0.15) is 0 Å². The second-order valence-electron chi connectivity index (χ2n) is 4.29. The van der Waals surface area contributed by atoms with Gasteiger partial charge < -0.3 is 5.32 Å². The molecule has 2 aromatic carbocycles. The lowest BCUT2D eigenvalue weighted by Gasteiger charge is -2.15. The Labute approximate surface area is 106 Å². The molecule has 0 aliphatic heterocycles. The first kappa shape index (κ1) is 10.8. The van der Waals surface area contributed by atoms with Crippen molar-refractivity contribution >= 4 is 23.2 Å². The summed E-state index contributed by atoms with van der Waals surface area (Å²) in [6, 6.07) is 15.8. The van der Waals surface area contributed by atoms with Crippen molar-refractivity contribution in [1.82, 2.24) is 0 Å². The van der Waals surface area contributed by atoms with Crippen LogP contribution in [0.4, 0.5) is 11.4 Å². The number of rotatable bonds is 2. The first-order chi connectivity index (χ1) is 8.84. The molecule has 2 heteroatoms. The fourth-order valence-corrected chi connectivity index (χ4v) is 2.20. The molecule has 0 bridgehead atoms. The summed E-state index contributed by atoms with van der Waals surface area (Å²) in [5.74, 6) is 0.173. The normalized spacial score (nSPS) is 13.2. The summed E-state index contributed by atoms with van der Waals surface area (Å²) in [7, 11) is 0. The molecule has 3 rings (SSSR count). The van der Waals surface area contributed by atoms with Gasteiger partial charge in [-0.25, -0.2) is 0 Å². The molecule has 2 aromatic rings. The highest BCUT2D eigenvalue weighted by atomic mass is 16.1. The molecule has 0 spiro atoms. The zero-order valence-electron chi connectivity index (χ0n) is 9.89. The highest BCUT2D eigenvalue weighted by molar-refractivity contribution is 6.07. The van der Waals surface area contributed by atoms with Crippen molar-refractivity contribution in [1.29, 1.82) is 0 Å². The van der Waals surface area contributed by atoms with Crippen molar-refractivity contribution in [3.8, 4) is 0 Å². The van der Waals surface area contributed by atoms with E-state index in [1.807, 2.05) is 60.7 Å². The molecular weight excluding hydrogens is 222 g/mol. The molecule has 0 unspecified atom stereocenters. The zero-order valence-corrected chi connectivity index (χ0v) is 9.89. The van der Waals surface area contributed by atoms with Crippen LogP contribution < -0.4 is 5.32 Å². The average molecular weight is 235 g/mol. The third kappa shape index (κ3) is 1.93. The Balaban J connectivity index is 2.03. The number of allylic oxidation sites excluding steroid dienone is 1. The highest BCUT2D eigenvalue weighted by Crippen LogP contribution is 2.28. The largest absolute Gasteiger partial charge is 0.355 e. The molecule has 0 atom stereocenters. The van der Waals surface area contributed by atoms with E-state index in [2.05, 4.69) is 5.32 Å².